The lowest BCUT2D eigenvalue weighted by molar-refractivity contribution is 0.212. The second-order valence-corrected chi connectivity index (χ2v) is 4.13. The van der Waals surface area contributed by atoms with Crippen LogP contribution in [0.4, 0.5) is 14.0 Å². The first-order valence-corrected chi connectivity index (χ1v) is 5.46. The van der Waals surface area contributed by atoms with Gasteiger partial charge >= 0.3 is 11.4 Å². The Morgan fingerprint density at radius 2 is 2.24 bits per heavy atom. The Labute approximate surface area is 102 Å². The molecule has 1 aliphatic heterocycles. The van der Waals surface area contributed by atoms with Crippen LogP contribution in [0.15, 0.2) is 24.3 Å². The molecule has 1 aliphatic rings. The van der Waals surface area contributed by atoms with Crippen LogP contribution in [0.25, 0.3) is 0 Å². The highest BCUT2D eigenvalue weighted by Gasteiger charge is 2.32. The summed E-state index contributed by atoms with van der Waals surface area (Å²) in [6, 6.07) is 5.48. The van der Waals surface area contributed by atoms with Crippen molar-refractivity contribution in [3.63, 3.8) is 0 Å². The molecule has 0 bridgehead atoms. The number of hydrogen-bond acceptors (Lipinski definition) is 2. The highest BCUT2D eigenvalue weighted by molar-refractivity contribution is 6.64. The minimum atomic E-state index is -0.821. The van der Waals surface area contributed by atoms with Crippen LogP contribution < -0.4 is 5.32 Å². The van der Waals surface area contributed by atoms with Gasteiger partial charge in [0, 0.05) is 0 Å². The van der Waals surface area contributed by atoms with Crippen molar-refractivity contribution in [1.29, 1.82) is 0 Å². The van der Waals surface area contributed by atoms with Crippen LogP contribution >= 0.6 is 11.6 Å². The van der Waals surface area contributed by atoms with Gasteiger partial charge in [0.15, 0.2) is 0 Å². The minimum Gasteiger partial charge on any atom is -0.333 e. The molecule has 1 saturated heterocycles. The molecule has 3 amide bonds. The average molecular weight is 257 g/mol. The van der Waals surface area contributed by atoms with Crippen LogP contribution in [-0.2, 0) is 6.42 Å². The summed E-state index contributed by atoms with van der Waals surface area (Å²) in [6.07, 6.45) is 0.332. The molecule has 17 heavy (non-hydrogen) atoms. The molecule has 4 nitrogen and oxygen atoms in total. The van der Waals surface area contributed by atoms with E-state index in [0.29, 0.717) is 12.0 Å². The topological polar surface area (TPSA) is 49.4 Å². The number of imide groups is 1. The highest BCUT2D eigenvalue weighted by atomic mass is 35.5. The number of benzene rings is 1. The number of nitrogens with one attached hydrogen (secondary N) is 1. The summed E-state index contributed by atoms with van der Waals surface area (Å²) in [5.41, 5.74) is 0.502. The molecule has 1 aromatic carbocycles. The van der Waals surface area contributed by atoms with Gasteiger partial charge in [-0.1, -0.05) is 18.2 Å². The van der Waals surface area contributed by atoms with Gasteiger partial charge in [0.2, 0.25) is 0 Å². The largest absolute Gasteiger partial charge is 0.333 e. The fourth-order valence-electron chi connectivity index (χ4n) is 1.80. The van der Waals surface area contributed by atoms with Crippen LogP contribution in [0.1, 0.15) is 5.56 Å². The van der Waals surface area contributed by atoms with E-state index < -0.39 is 11.4 Å². The molecule has 6 heteroatoms. The molecule has 0 aliphatic carbocycles. The molecule has 2 rings (SSSR count). The summed E-state index contributed by atoms with van der Waals surface area (Å²) in [6.45, 7) is 0.162. The van der Waals surface area contributed by atoms with Gasteiger partial charge in [0.05, 0.1) is 12.6 Å². The molecule has 0 radical (unpaired) electrons. The van der Waals surface area contributed by atoms with Crippen molar-refractivity contribution >= 4 is 23.0 Å². The van der Waals surface area contributed by atoms with Crippen molar-refractivity contribution in [3.05, 3.63) is 35.6 Å². The molecule has 1 unspecified atom stereocenters. The lowest BCUT2D eigenvalue weighted by Gasteiger charge is -2.09. The first-order chi connectivity index (χ1) is 8.08. The summed E-state index contributed by atoms with van der Waals surface area (Å²) in [4.78, 5) is 23.1. The second kappa shape index (κ2) is 4.71. The maximum absolute atomic E-state index is 13.4. The SMILES string of the molecule is O=C(Cl)N1CC(Cc2ccccc2F)NC1=O. The number of nitrogens with zero attached hydrogens (tertiary/aromatic N) is 1. The van der Waals surface area contributed by atoms with Crippen LogP contribution in [0.2, 0.25) is 0 Å². The predicted octanol–water partition coefficient (Wildman–Crippen LogP) is 2.12. The van der Waals surface area contributed by atoms with Gasteiger partial charge in [-0.05, 0) is 29.7 Å². The third-order valence-corrected chi connectivity index (χ3v) is 2.82. The van der Waals surface area contributed by atoms with E-state index in [0.717, 1.165) is 4.90 Å². The second-order valence-electron chi connectivity index (χ2n) is 3.81. The van der Waals surface area contributed by atoms with E-state index in [1.807, 2.05) is 0 Å². The summed E-state index contributed by atoms with van der Waals surface area (Å²) < 4.78 is 13.4. The van der Waals surface area contributed by atoms with Crippen LogP contribution in [0.5, 0.6) is 0 Å². The van der Waals surface area contributed by atoms with Gasteiger partial charge in [-0.3, -0.25) is 4.79 Å². The Kier molecular flexibility index (Phi) is 3.28. The molecule has 0 saturated carbocycles. The summed E-state index contributed by atoms with van der Waals surface area (Å²) in [7, 11) is 0. The fraction of sp³-hybridized carbons (Fsp3) is 0.273. The number of amides is 3. The third kappa shape index (κ3) is 2.55. The van der Waals surface area contributed by atoms with Gasteiger partial charge in [0.1, 0.15) is 5.82 Å². The molecule has 90 valence electrons. The smallest absolute Gasteiger partial charge is 0.325 e. The monoisotopic (exact) mass is 256 g/mol. The standard InChI is InChI=1S/C11H10ClFN2O2/c12-10(16)15-6-8(14-11(15)17)5-7-3-1-2-4-9(7)13/h1-4,8H,5-6H2,(H,14,17). The maximum atomic E-state index is 13.4. The zero-order valence-electron chi connectivity index (χ0n) is 8.82. The number of hydrogen-bond donors (Lipinski definition) is 1. The van der Waals surface area contributed by atoms with Gasteiger partial charge in [-0.2, -0.15) is 0 Å². The van der Waals surface area contributed by atoms with Gasteiger partial charge in [-0.15, -0.1) is 0 Å². The third-order valence-electron chi connectivity index (χ3n) is 2.61. The zero-order chi connectivity index (χ0) is 12.4. The van der Waals surface area contributed by atoms with Crippen molar-refractivity contribution in [2.45, 2.75) is 12.5 Å². The van der Waals surface area contributed by atoms with Crippen molar-refractivity contribution in [2.24, 2.45) is 0 Å². The number of carbonyl (C=O) groups is 2. The van der Waals surface area contributed by atoms with E-state index in [9.17, 15) is 14.0 Å². The Hall–Kier alpha value is -1.62. The average Bonchev–Trinajstić information content (AvgIpc) is 2.63. The Morgan fingerprint density at radius 3 is 2.82 bits per heavy atom. The number of carbonyl (C=O) groups excluding carboxylic acids is 2. The number of rotatable bonds is 2. The van der Waals surface area contributed by atoms with E-state index in [-0.39, 0.29) is 18.4 Å². The van der Waals surface area contributed by atoms with Crippen molar-refractivity contribution < 1.29 is 14.0 Å². The molecule has 0 spiro atoms. The zero-order valence-corrected chi connectivity index (χ0v) is 9.58. The predicted molar refractivity (Wildman–Crippen MR) is 60.4 cm³/mol. The summed E-state index contributed by atoms with van der Waals surface area (Å²) in [5.74, 6) is -0.322. The lowest BCUT2D eigenvalue weighted by Crippen LogP contribution is -2.30. The molecule has 1 atom stereocenters. The molecule has 1 N–H and O–H groups in total. The Morgan fingerprint density at radius 1 is 1.53 bits per heavy atom. The molecule has 0 aromatic heterocycles. The fourth-order valence-corrected chi connectivity index (χ4v) is 1.94. The normalized spacial score (nSPS) is 19.3. The van der Waals surface area contributed by atoms with Crippen LogP contribution in [-0.4, -0.2) is 28.9 Å². The Bertz CT molecular complexity index is 467. The van der Waals surface area contributed by atoms with Crippen molar-refractivity contribution in [3.8, 4) is 0 Å². The minimum absolute atomic E-state index is 0.162. The maximum Gasteiger partial charge on any atom is 0.325 e. The van der Waals surface area contributed by atoms with Gasteiger partial charge in [0.25, 0.3) is 0 Å². The van der Waals surface area contributed by atoms with E-state index in [1.54, 1.807) is 18.2 Å². The van der Waals surface area contributed by atoms with E-state index >= 15 is 0 Å². The van der Waals surface area contributed by atoms with Gasteiger partial charge < -0.3 is 5.32 Å². The number of urea groups is 1. The quantitative estimate of drug-likeness (QED) is 0.651. The molecule has 1 aromatic rings. The van der Waals surface area contributed by atoms with E-state index in [1.165, 1.54) is 6.07 Å². The summed E-state index contributed by atoms with van der Waals surface area (Å²) in [5, 5.41) is 1.76. The van der Waals surface area contributed by atoms with E-state index in [2.05, 4.69) is 5.32 Å². The van der Waals surface area contributed by atoms with Gasteiger partial charge in [-0.25, -0.2) is 14.1 Å². The first-order valence-electron chi connectivity index (χ1n) is 5.09. The Balaban J connectivity index is 2.05. The highest BCUT2D eigenvalue weighted by Crippen LogP contribution is 2.14. The molecular weight excluding hydrogens is 247 g/mol. The number of halogens is 2. The summed E-state index contributed by atoms with van der Waals surface area (Å²) >= 11 is 5.23. The van der Waals surface area contributed by atoms with Crippen molar-refractivity contribution in [1.82, 2.24) is 10.2 Å². The first kappa shape index (κ1) is 11.9. The van der Waals surface area contributed by atoms with Crippen LogP contribution in [0, 0.1) is 5.82 Å². The lowest BCUT2D eigenvalue weighted by atomic mass is 10.1. The molecule has 1 heterocycles. The van der Waals surface area contributed by atoms with Crippen molar-refractivity contribution in [2.75, 3.05) is 6.54 Å². The molecule has 1 fully saturated rings. The molecular formula is C11H10ClFN2O2. The van der Waals surface area contributed by atoms with Crippen LogP contribution in [0.3, 0.4) is 0 Å². The van der Waals surface area contributed by atoms with E-state index in [4.69, 9.17) is 11.6 Å².